The van der Waals surface area contributed by atoms with E-state index in [1.165, 1.54) is 30.4 Å². The predicted molar refractivity (Wildman–Crippen MR) is 165 cm³/mol. The summed E-state index contributed by atoms with van der Waals surface area (Å²) in [6.07, 6.45) is 7.30. The van der Waals surface area contributed by atoms with E-state index < -0.39 is 11.6 Å². The van der Waals surface area contributed by atoms with Crippen molar-refractivity contribution < 1.29 is 14.6 Å². The Morgan fingerprint density at radius 2 is 1.81 bits per heavy atom. The average Bonchev–Trinajstić information content (AvgIpc) is 3.42. The molecule has 5 heterocycles. The Kier molecular flexibility index (Phi) is 7.08. The molecule has 2 N–H and O–H groups in total. The summed E-state index contributed by atoms with van der Waals surface area (Å²) in [6.45, 7) is 8.47. The number of nitrogens with zero attached hydrogens (tertiary/aromatic N) is 6. The number of ether oxygens (including phenoxy) is 1. The summed E-state index contributed by atoms with van der Waals surface area (Å²) in [5.74, 6) is 2.07. The van der Waals surface area contributed by atoms with Gasteiger partial charge in [0, 0.05) is 38.1 Å². The lowest BCUT2D eigenvalue weighted by molar-refractivity contribution is -0.104. The fourth-order valence-corrected chi connectivity index (χ4v) is 8.29. The third-order valence-corrected chi connectivity index (χ3v) is 10.5. The van der Waals surface area contributed by atoms with Crippen LogP contribution in [0.15, 0.2) is 28.9 Å². The Balaban J connectivity index is 1.17. The second kappa shape index (κ2) is 10.7. The molecule has 2 aromatic heterocycles. The number of carbonyl (C=O) groups is 1. The zero-order valence-electron chi connectivity index (χ0n) is 24.5. The summed E-state index contributed by atoms with van der Waals surface area (Å²) >= 11 is 3.80. The van der Waals surface area contributed by atoms with Gasteiger partial charge in [-0.3, -0.25) is 0 Å². The maximum Gasteiger partial charge on any atom is 0.405 e. The van der Waals surface area contributed by atoms with E-state index in [0.717, 1.165) is 92.3 Å². The minimum absolute atomic E-state index is 0.0838. The van der Waals surface area contributed by atoms with Gasteiger partial charge in [-0.1, -0.05) is 24.3 Å². The van der Waals surface area contributed by atoms with Crippen molar-refractivity contribution in [2.24, 2.45) is 5.41 Å². The highest BCUT2D eigenvalue weighted by atomic mass is 79.9. The van der Waals surface area contributed by atoms with Gasteiger partial charge in [-0.25, -0.2) is 19.4 Å². The number of piperidine rings is 2. The molecular weight excluding hydrogens is 598 g/mol. The largest absolute Gasteiger partial charge is 0.465 e. The van der Waals surface area contributed by atoms with Gasteiger partial charge in [0.15, 0.2) is 29.0 Å². The van der Waals surface area contributed by atoms with Crippen molar-refractivity contribution in [2.75, 3.05) is 42.6 Å². The van der Waals surface area contributed by atoms with E-state index in [1.54, 1.807) is 0 Å². The molecule has 1 spiro atoms. The Morgan fingerprint density at radius 3 is 2.50 bits per heavy atom. The first-order valence-corrected chi connectivity index (χ1v) is 16.2. The second-order valence-corrected chi connectivity index (χ2v) is 14.0. The van der Waals surface area contributed by atoms with Gasteiger partial charge in [0.25, 0.3) is 0 Å². The highest BCUT2D eigenvalue weighted by molar-refractivity contribution is 9.10. The van der Waals surface area contributed by atoms with Crippen molar-refractivity contribution in [3.8, 4) is 0 Å². The summed E-state index contributed by atoms with van der Waals surface area (Å²) < 4.78 is 8.57. The molecule has 3 aromatic rings. The molecule has 3 saturated heterocycles. The van der Waals surface area contributed by atoms with Crippen LogP contribution in [0, 0.1) is 5.41 Å². The highest BCUT2D eigenvalue weighted by Crippen LogP contribution is 2.56. The molecule has 1 aliphatic carbocycles. The van der Waals surface area contributed by atoms with Gasteiger partial charge in [0.2, 0.25) is 0 Å². The first kappa shape index (κ1) is 27.9. The summed E-state index contributed by atoms with van der Waals surface area (Å²) in [5, 5.41) is 17.3. The highest BCUT2D eigenvalue weighted by Gasteiger charge is 2.49. The number of nitrogens with one attached hydrogen (secondary N) is 1. The molecule has 2 atom stereocenters. The minimum Gasteiger partial charge on any atom is -0.465 e. The van der Waals surface area contributed by atoms with Gasteiger partial charge in [-0.05, 0) is 97.2 Å². The van der Waals surface area contributed by atoms with Crippen LogP contribution in [0.5, 0.6) is 0 Å². The number of anilines is 2. The number of rotatable bonds is 6. The number of amides is 1. The van der Waals surface area contributed by atoms with Gasteiger partial charge >= 0.3 is 6.09 Å². The van der Waals surface area contributed by atoms with Gasteiger partial charge < -0.3 is 25.0 Å². The van der Waals surface area contributed by atoms with Gasteiger partial charge in [0.1, 0.15) is 4.60 Å². The number of fused-ring (bicyclic) bond motifs is 2. The third kappa shape index (κ3) is 4.92. The molecule has 0 saturated carbocycles. The molecule has 10 nitrogen and oxygen atoms in total. The Hall–Kier alpha value is -2.92. The van der Waals surface area contributed by atoms with Crippen LogP contribution in [-0.2, 0) is 11.2 Å². The van der Waals surface area contributed by atoms with Crippen LogP contribution in [-0.4, -0.2) is 69.3 Å². The fourth-order valence-electron chi connectivity index (χ4n) is 7.77. The topological polar surface area (TPSA) is 109 Å². The van der Waals surface area contributed by atoms with Crippen LogP contribution < -0.4 is 15.1 Å². The van der Waals surface area contributed by atoms with E-state index in [2.05, 4.69) is 55.3 Å². The van der Waals surface area contributed by atoms with Crippen molar-refractivity contribution in [2.45, 2.75) is 82.9 Å². The minimum atomic E-state index is -0.969. The van der Waals surface area contributed by atoms with Crippen molar-refractivity contribution in [1.82, 2.24) is 25.1 Å². The zero-order valence-corrected chi connectivity index (χ0v) is 26.1. The summed E-state index contributed by atoms with van der Waals surface area (Å²) in [5.41, 5.74) is 3.99. The maximum absolute atomic E-state index is 11.6. The number of halogens is 1. The van der Waals surface area contributed by atoms with Gasteiger partial charge in [0.05, 0.1) is 6.61 Å². The molecule has 3 aliphatic heterocycles. The summed E-state index contributed by atoms with van der Waals surface area (Å²) in [6, 6.07) is 8.74. The molecule has 1 unspecified atom stereocenters. The molecule has 224 valence electrons. The summed E-state index contributed by atoms with van der Waals surface area (Å²) in [4.78, 5) is 26.6. The Labute approximate surface area is 254 Å². The Morgan fingerprint density at radius 1 is 1.10 bits per heavy atom. The molecule has 11 heteroatoms. The predicted octanol–water partition coefficient (Wildman–Crippen LogP) is 5.86. The van der Waals surface area contributed by atoms with Crippen LogP contribution in [0.25, 0.3) is 11.2 Å². The van der Waals surface area contributed by atoms with Crippen molar-refractivity contribution in [3.05, 3.63) is 40.0 Å². The Bertz CT molecular complexity index is 1490. The van der Waals surface area contributed by atoms with Crippen molar-refractivity contribution in [3.63, 3.8) is 0 Å². The first-order chi connectivity index (χ1) is 20.2. The fraction of sp³-hybridized carbons (Fsp3) is 0.613. The number of hydrogen-bond acceptors (Lipinski definition) is 7. The zero-order chi connectivity index (χ0) is 29.1. The maximum atomic E-state index is 11.6. The first-order valence-electron chi connectivity index (χ1n) is 15.4. The van der Waals surface area contributed by atoms with E-state index in [1.807, 2.05) is 18.5 Å². The molecule has 4 aliphatic rings. The smallest absolute Gasteiger partial charge is 0.405 e. The van der Waals surface area contributed by atoms with Crippen LogP contribution in [0.3, 0.4) is 0 Å². The van der Waals surface area contributed by atoms with Crippen LogP contribution in [0.2, 0.25) is 0 Å². The molecule has 1 aromatic carbocycles. The van der Waals surface area contributed by atoms with Crippen LogP contribution >= 0.6 is 15.9 Å². The standard InChI is InChI=1S/C31H40BrN7O3/c1-30(2,35-29(40)41)19-22-21-9-5-4-8-20(21)18-31(22)11-15-38(16-12-31)28-25(32)33-24-26(34-28)39(23-10-17-42-23)36-27(24)37-13-6-3-7-14-37/h4-5,8-9,22-23,35H,3,6-7,10-19H2,1-2H3,(H,40,41)/t22-,23?/m1/s1. The van der Waals surface area contributed by atoms with E-state index in [9.17, 15) is 9.90 Å². The monoisotopic (exact) mass is 637 g/mol. The number of aromatic nitrogens is 4. The number of hydrogen-bond donors (Lipinski definition) is 2. The van der Waals surface area contributed by atoms with Crippen molar-refractivity contribution >= 4 is 44.8 Å². The van der Waals surface area contributed by atoms with E-state index >= 15 is 0 Å². The molecule has 3 fully saturated rings. The van der Waals surface area contributed by atoms with Crippen LogP contribution in [0.1, 0.15) is 82.1 Å². The normalized spacial score (nSPS) is 23.7. The SMILES string of the molecule is CC(C)(C[C@@H]1c2ccccc2CC12CCN(c1nc3c(nc1Br)c(N1CCCCC1)nn3C1CCO1)CC2)NC(=O)O. The van der Waals surface area contributed by atoms with Crippen LogP contribution in [0.4, 0.5) is 16.4 Å². The summed E-state index contributed by atoms with van der Waals surface area (Å²) in [7, 11) is 0. The van der Waals surface area contributed by atoms with E-state index in [-0.39, 0.29) is 11.6 Å². The quantitative estimate of drug-likeness (QED) is 0.346. The van der Waals surface area contributed by atoms with E-state index in [0.29, 0.717) is 5.92 Å². The molecule has 0 radical (unpaired) electrons. The molecule has 0 bridgehead atoms. The van der Waals surface area contributed by atoms with Gasteiger partial charge in [-0.15, -0.1) is 5.10 Å². The number of carboxylic acid groups (broad SMARTS) is 1. The van der Waals surface area contributed by atoms with E-state index in [4.69, 9.17) is 19.8 Å². The molecule has 7 rings (SSSR count). The molecular formula is C31H40BrN7O3. The lowest BCUT2D eigenvalue weighted by atomic mass is 9.66. The lowest BCUT2D eigenvalue weighted by Crippen LogP contribution is -2.48. The third-order valence-electron chi connectivity index (χ3n) is 9.98. The second-order valence-electron chi connectivity index (χ2n) is 13.2. The average molecular weight is 639 g/mol. The number of benzene rings is 1. The lowest BCUT2D eigenvalue weighted by Gasteiger charge is -2.45. The van der Waals surface area contributed by atoms with Crippen molar-refractivity contribution in [1.29, 1.82) is 0 Å². The molecule has 1 amide bonds. The molecule has 42 heavy (non-hydrogen) atoms. The van der Waals surface area contributed by atoms with Gasteiger partial charge in [-0.2, -0.15) is 0 Å².